The molecule has 0 aromatic carbocycles. The molecule has 1 aromatic rings. The molecule has 0 saturated heterocycles. The van der Waals surface area contributed by atoms with E-state index in [1.807, 2.05) is 19.9 Å². The van der Waals surface area contributed by atoms with E-state index in [1.165, 1.54) is 7.11 Å². The number of halogens is 1. The Morgan fingerprint density at radius 3 is 2.54 bits per heavy atom. The minimum atomic E-state index is 0.197. The van der Waals surface area contributed by atoms with Gasteiger partial charge in [-0.15, -0.1) is 0 Å². The third kappa shape index (κ3) is 1.58. The normalized spacial score (nSPS) is 9.46. The SMILES string of the molecule is COc1c(C)c(C)nc(Cl)c1C#N. The largest absolute Gasteiger partial charge is 0.495 e. The van der Waals surface area contributed by atoms with Gasteiger partial charge in [-0.2, -0.15) is 5.26 Å². The van der Waals surface area contributed by atoms with Crippen molar-refractivity contribution in [2.45, 2.75) is 13.8 Å². The van der Waals surface area contributed by atoms with E-state index >= 15 is 0 Å². The highest BCUT2D eigenvalue weighted by Gasteiger charge is 2.13. The Balaban J connectivity index is 3.53. The molecule has 0 saturated carbocycles. The van der Waals surface area contributed by atoms with E-state index in [0.29, 0.717) is 11.3 Å². The second kappa shape index (κ2) is 3.63. The average molecular weight is 197 g/mol. The third-order valence-corrected chi connectivity index (χ3v) is 2.17. The lowest BCUT2D eigenvalue weighted by molar-refractivity contribution is 0.409. The van der Waals surface area contributed by atoms with E-state index in [0.717, 1.165) is 11.3 Å². The third-order valence-electron chi connectivity index (χ3n) is 1.90. The van der Waals surface area contributed by atoms with Gasteiger partial charge in [-0.1, -0.05) is 11.6 Å². The van der Waals surface area contributed by atoms with Crippen molar-refractivity contribution in [2.75, 3.05) is 7.11 Å². The van der Waals surface area contributed by atoms with Crippen molar-refractivity contribution in [3.8, 4) is 11.8 Å². The molecule has 68 valence electrons. The first-order valence-corrected chi connectivity index (χ1v) is 4.10. The first-order valence-electron chi connectivity index (χ1n) is 3.72. The van der Waals surface area contributed by atoms with Crippen molar-refractivity contribution in [3.63, 3.8) is 0 Å². The standard InChI is InChI=1S/C9H9ClN2O/c1-5-6(2)12-9(10)7(4-11)8(5)13-3/h1-3H3. The number of rotatable bonds is 1. The number of aromatic nitrogens is 1. The summed E-state index contributed by atoms with van der Waals surface area (Å²) in [6.45, 7) is 3.67. The number of ether oxygens (including phenoxy) is 1. The maximum Gasteiger partial charge on any atom is 0.150 e. The van der Waals surface area contributed by atoms with Crippen LogP contribution < -0.4 is 4.74 Å². The van der Waals surface area contributed by atoms with E-state index in [2.05, 4.69) is 4.98 Å². The minimum absolute atomic E-state index is 0.197. The Hall–Kier alpha value is -1.27. The molecule has 0 amide bonds. The van der Waals surface area contributed by atoms with Gasteiger partial charge in [0.05, 0.1) is 7.11 Å². The summed E-state index contributed by atoms with van der Waals surface area (Å²) in [5.74, 6) is 0.514. The van der Waals surface area contributed by atoms with Crippen LogP contribution in [0.3, 0.4) is 0 Å². The van der Waals surface area contributed by atoms with Crippen molar-refractivity contribution < 1.29 is 4.74 Å². The molecule has 13 heavy (non-hydrogen) atoms. The molecule has 1 heterocycles. The van der Waals surface area contributed by atoms with Crippen LogP contribution in [0.25, 0.3) is 0 Å². The van der Waals surface area contributed by atoms with Gasteiger partial charge in [-0.3, -0.25) is 0 Å². The Kier molecular flexibility index (Phi) is 2.74. The maximum absolute atomic E-state index is 8.79. The van der Waals surface area contributed by atoms with E-state index in [9.17, 15) is 0 Å². The van der Waals surface area contributed by atoms with Crippen LogP contribution in [0.2, 0.25) is 5.15 Å². The fraction of sp³-hybridized carbons (Fsp3) is 0.333. The lowest BCUT2D eigenvalue weighted by Gasteiger charge is -2.09. The highest BCUT2D eigenvalue weighted by molar-refractivity contribution is 6.30. The van der Waals surface area contributed by atoms with Gasteiger partial charge in [-0.05, 0) is 13.8 Å². The summed E-state index contributed by atoms with van der Waals surface area (Å²) in [5.41, 5.74) is 1.93. The molecule has 0 aliphatic heterocycles. The van der Waals surface area contributed by atoms with Gasteiger partial charge >= 0.3 is 0 Å². The number of aryl methyl sites for hydroxylation is 1. The number of nitrogens with zero attached hydrogens (tertiary/aromatic N) is 2. The maximum atomic E-state index is 8.79. The van der Waals surface area contributed by atoms with Crippen LogP contribution in [0.5, 0.6) is 5.75 Å². The highest BCUT2D eigenvalue weighted by Crippen LogP contribution is 2.29. The van der Waals surface area contributed by atoms with Gasteiger partial charge < -0.3 is 4.74 Å². The monoisotopic (exact) mass is 196 g/mol. The van der Waals surface area contributed by atoms with Gasteiger partial charge in [0.1, 0.15) is 17.4 Å². The van der Waals surface area contributed by atoms with Crippen LogP contribution in [-0.2, 0) is 0 Å². The van der Waals surface area contributed by atoms with Crippen LogP contribution in [0.4, 0.5) is 0 Å². The topological polar surface area (TPSA) is 45.9 Å². The summed E-state index contributed by atoms with van der Waals surface area (Å²) in [6.07, 6.45) is 0. The van der Waals surface area contributed by atoms with Crippen molar-refractivity contribution in [1.82, 2.24) is 4.98 Å². The van der Waals surface area contributed by atoms with E-state index < -0.39 is 0 Å². The molecule has 0 fully saturated rings. The fourth-order valence-electron chi connectivity index (χ4n) is 1.08. The summed E-state index contributed by atoms with van der Waals surface area (Å²) >= 11 is 5.77. The predicted molar refractivity (Wildman–Crippen MR) is 50.0 cm³/mol. The highest BCUT2D eigenvalue weighted by atomic mass is 35.5. The zero-order valence-corrected chi connectivity index (χ0v) is 8.44. The molecule has 3 nitrogen and oxygen atoms in total. The molecule has 0 radical (unpaired) electrons. The summed E-state index contributed by atoms with van der Waals surface area (Å²) in [5, 5.41) is 8.99. The molecule has 1 rings (SSSR count). The molecule has 0 N–H and O–H groups in total. The number of methoxy groups -OCH3 is 1. The van der Waals surface area contributed by atoms with Crippen LogP contribution in [0, 0.1) is 25.2 Å². The fourth-order valence-corrected chi connectivity index (χ4v) is 1.34. The average Bonchev–Trinajstić information content (AvgIpc) is 2.10. The quantitative estimate of drug-likeness (QED) is 0.647. The van der Waals surface area contributed by atoms with Crippen molar-refractivity contribution in [2.24, 2.45) is 0 Å². The smallest absolute Gasteiger partial charge is 0.150 e. The lowest BCUT2D eigenvalue weighted by atomic mass is 10.1. The second-order valence-electron chi connectivity index (χ2n) is 2.63. The Bertz CT molecular complexity index is 382. The van der Waals surface area contributed by atoms with Crippen LogP contribution in [0.1, 0.15) is 16.8 Å². The van der Waals surface area contributed by atoms with Crippen LogP contribution in [0.15, 0.2) is 0 Å². The van der Waals surface area contributed by atoms with Crippen molar-refractivity contribution >= 4 is 11.6 Å². The zero-order chi connectivity index (χ0) is 10.0. The van der Waals surface area contributed by atoms with Gasteiger partial charge in [0.15, 0.2) is 5.15 Å². The zero-order valence-electron chi connectivity index (χ0n) is 7.68. The van der Waals surface area contributed by atoms with E-state index in [4.69, 9.17) is 21.6 Å². The number of hydrogen-bond acceptors (Lipinski definition) is 3. The molecule has 0 spiro atoms. The molecule has 0 aliphatic rings. The number of hydrogen-bond donors (Lipinski definition) is 0. The molecule has 0 aliphatic carbocycles. The van der Waals surface area contributed by atoms with Crippen LogP contribution in [-0.4, -0.2) is 12.1 Å². The Morgan fingerprint density at radius 2 is 2.08 bits per heavy atom. The van der Waals surface area contributed by atoms with Crippen molar-refractivity contribution in [3.05, 3.63) is 22.0 Å². The summed E-state index contributed by atoms with van der Waals surface area (Å²) < 4.78 is 5.08. The molecule has 0 atom stereocenters. The molecule has 0 unspecified atom stereocenters. The van der Waals surface area contributed by atoms with Gasteiger partial charge in [0.25, 0.3) is 0 Å². The van der Waals surface area contributed by atoms with Crippen molar-refractivity contribution in [1.29, 1.82) is 5.26 Å². The lowest BCUT2D eigenvalue weighted by Crippen LogP contribution is -1.98. The molecule has 0 bridgehead atoms. The molecule has 4 heteroatoms. The van der Waals surface area contributed by atoms with Gasteiger partial charge in [0, 0.05) is 11.3 Å². The molecule has 1 aromatic heterocycles. The summed E-state index contributed by atoms with van der Waals surface area (Å²) in [6, 6.07) is 1.96. The van der Waals surface area contributed by atoms with Gasteiger partial charge in [-0.25, -0.2) is 4.98 Å². The van der Waals surface area contributed by atoms with E-state index in [1.54, 1.807) is 0 Å². The second-order valence-corrected chi connectivity index (χ2v) is 2.99. The van der Waals surface area contributed by atoms with E-state index in [-0.39, 0.29) is 5.15 Å². The number of pyridine rings is 1. The van der Waals surface area contributed by atoms with Gasteiger partial charge in [0.2, 0.25) is 0 Å². The number of nitriles is 1. The first-order chi connectivity index (χ1) is 6.11. The first kappa shape index (κ1) is 9.82. The Labute approximate surface area is 81.9 Å². The molecular formula is C9H9ClN2O. The van der Waals surface area contributed by atoms with Crippen LogP contribution >= 0.6 is 11.6 Å². The summed E-state index contributed by atoms with van der Waals surface area (Å²) in [4.78, 5) is 4.02. The predicted octanol–water partition coefficient (Wildman–Crippen LogP) is 2.23. The Morgan fingerprint density at radius 1 is 1.46 bits per heavy atom. The minimum Gasteiger partial charge on any atom is -0.495 e. The molecular weight excluding hydrogens is 188 g/mol. The summed E-state index contributed by atoms with van der Waals surface area (Å²) in [7, 11) is 1.51.